The summed E-state index contributed by atoms with van der Waals surface area (Å²) in [7, 11) is 1.48. The minimum absolute atomic E-state index is 0.0118. The van der Waals surface area contributed by atoms with Gasteiger partial charge in [0, 0.05) is 28.3 Å². The molecule has 0 spiro atoms. The molecule has 1 amide bonds. The molecule has 3 aromatic rings. The predicted octanol–water partition coefficient (Wildman–Crippen LogP) is 4.32. The van der Waals surface area contributed by atoms with Crippen LogP contribution in [0.15, 0.2) is 35.1 Å². The van der Waals surface area contributed by atoms with Crippen molar-refractivity contribution in [3.05, 3.63) is 63.2 Å². The van der Waals surface area contributed by atoms with Crippen LogP contribution in [0.3, 0.4) is 0 Å². The maximum atomic E-state index is 13.5. The first-order valence-electron chi connectivity index (χ1n) is 12.7. The molecule has 1 unspecified atom stereocenters. The van der Waals surface area contributed by atoms with Gasteiger partial charge >= 0.3 is 5.92 Å². The van der Waals surface area contributed by atoms with E-state index in [1.165, 1.54) is 7.11 Å². The number of piperidine rings is 1. The van der Waals surface area contributed by atoms with Crippen molar-refractivity contribution in [1.29, 1.82) is 5.26 Å². The van der Waals surface area contributed by atoms with E-state index in [2.05, 4.69) is 21.8 Å². The second-order valence-corrected chi connectivity index (χ2v) is 10.0. The van der Waals surface area contributed by atoms with Gasteiger partial charge in [0.25, 0.3) is 11.5 Å². The van der Waals surface area contributed by atoms with Gasteiger partial charge in [0.1, 0.15) is 11.8 Å². The van der Waals surface area contributed by atoms with Gasteiger partial charge in [-0.1, -0.05) is 18.2 Å². The Morgan fingerprint density at radius 2 is 1.97 bits per heavy atom. The second kappa shape index (κ2) is 11.0. The summed E-state index contributed by atoms with van der Waals surface area (Å²) >= 11 is 0. The van der Waals surface area contributed by atoms with Gasteiger partial charge in [-0.25, -0.2) is 0 Å². The van der Waals surface area contributed by atoms with Gasteiger partial charge in [-0.2, -0.15) is 14.0 Å². The molecule has 1 aliphatic heterocycles. The number of hydrogen-bond donors (Lipinski definition) is 2. The van der Waals surface area contributed by atoms with E-state index < -0.39 is 12.5 Å². The fourth-order valence-corrected chi connectivity index (χ4v) is 5.62. The number of fused-ring (bicyclic) bond motifs is 1. The van der Waals surface area contributed by atoms with Crippen LogP contribution in [0.25, 0.3) is 10.9 Å². The topological polar surface area (TPSA) is 103 Å². The van der Waals surface area contributed by atoms with Crippen molar-refractivity contribution < 1.29 is 18.3 Å². The SMILES string of the molecule is COc1cc(C)[nH]c(=O)c1CNC(=O)c1c(C)n(C(C)C2CCN(CC(F)(F)C#N)CC2)c2ccccc12. The van der Waals surface area contributed by atoms with Gasteiger partial charge in [0.15, 0.2) is 0 Å². The number of para-hydroxylation sites is 1. The molecule has 0 bridgehead atoms. The number of methoxy groups -OCH3 is 1. The van der Waals surface area contributed by atoms with Gasteiger partial charge in [-0.3, -0.25) is 14.5 Å². The molecule has 2 aromatic heterocycles. The summed E-state index contributed by atoms with van der Waals surface area (Å²) in [5, 5.41) is 12.4. The molecule has 3 heterocycles. The van der Waals surface area contributed by atoms with Crippen LogP contribution >= 0.6 is 0 Å². The Kier molecular flexibility index (Phi) is 7.88. The average Bonchev–Trinajstić information content (AvgIpc) is 3.19. The molecule has 1 fully saturated rings. The molecule has 0 saturated carbocycles. The van der Waals surface area contributed by atoms with Crippen LogP contribution in [0.2, 0.25) is 0 Å². The van der Waals surface area contributed by atoms with Crippen molar-refractivity contribution >= 4 is 16.8 Å². The number of rotatable bonds is 8. The van der Waals surface area contributed by atoms with Crippen molar-refractivity contribution in [2.24, 2.45) is 5.92 Å². The Morgan fingerprint density at radius 1 is 1.29 bits per heavy atom. The lowest BCUT2D eigenvalue weighted by Crippen LogP contribution is -2.42. The fourth-order valence-electron chi connectivity index (χ4n) is 5.62. The van der Waals surface area contributed by atoms with Crippen LogP contribution in [0.5, 0.6) is 5.75 Å². The third-order valence-corrected chi connectivity index (χ3v) is 7.57. The Balaban J connectivity index is 1.57. The first-order valence-corrected chi connectivity index (χ1v) is 12.7. The molecule has 10 heteroatoms. The van der Waals surface area contributed by atoms with E-state index in [0.29, 0.717) is 48.5 Å². The third-order valence-electron chi connectivity index (χ3n) is 7.57. The zero-order valence-corrected chi connectivity index (χ0v) is 22.1. The van der Waals surface area contributed by atoms with E-state index in [1.54, 1.807) is 17.9 Å². The molecule has 2 N–H and O–H groups in total. The number of nitrogens with zero attached hydrogens (tertiary/aromatic N) is 3. The van der Waals surface area contributed by atoms with Crippen molar-refractivity contribution in [2.75, 3.05) is 26.7 Å². The highest BCUT2D eigenvalue weighted by atomic mass is 19.3. The van der Waals surface area contributed by atoms with E-state index in [4.69, 9.17) is 10.00 Å². The highest BCUT2D eigenvalue weighted by molar-refractivity contribution is 6.08. The number of ether oxygens (including phenoxy) is 1. The largest absolute Gasteiger partial charge is 0.496 e. The Labute approximate surface area is 220 Å². The number of aryl methyl sites for hydroxylation is 1. The summed E-state index contributed by atoms with van der Waals surface area (Å²) in [5.41, 5.74) is 2.97. The van der Waals surface area contributed by atoms with Crippen LogP contribution in [0.1, 0.15) is 53.1 Å². The molecule has 4 rings (SSSR count). The highest BCUT2D eigenvalue weighted by Gasteiger charge is 2.35. The number of hydrogen-bond acceptors (Lipinski definition) is 5. The Hall–Kier alpha value is -3.71. The second-order valence-electron chi connectivity index (χ2n) is 10.0. The summed E-state index contributed by atoms with van der Waals surface area (Å²) in [6.07, 6.45) is 1.43. The molecular formula is C28H33F2N5O3. The highest BCUT2D eigenvalue weighted by Crippen LogP contribution is 2.36. The number of benzene rings is 1. The number of nitrogens with one attached hydrogen (secondary N) is 2. The van der Waals surface area contributed by atoms with Gasteiger partial charge in [0.2, 0.25) is 0 Å². The van der Waals surface area contributed by atoms with Crippen LogP contribution in [-0.4, -0.2) is 53.0 Å². The molecule has 1 saturated heterocycles. The standard InChI is InChI=1S/C28H33F2N5O3/c1-17-13-24(38-4)22(26(36)33-17)14-32-27(37)25-19(3)35(23-8-6-5-7-21(23)25)18(2)20-9-11-34(12-10-20)16-28(29,30)15-31/h5-8,13,18,20H,9-12,14,16H2,1-4H3,(H,32,37)(H,33,36). The van der Waals surface area contributed by atoms with Crippen molar-refractivity contribution in [2.45, 2.75) is 52.1 Å². The van der Waals surface area contributed by atoms with Crippen LogP contribution in [0, 0.1) is 31.1 Å². The van der Waals surface area contributed by atoms with Crippen LogP contribution < -0.4 is 15.6 Å². The van der Waals surface area contributed by atoms with Gasteiger partial charge in [-0.05, 0) is 64.8 Å². The van der Waals surface area contributed by atoms with Crippen molar-refractivity contribution in [3.63, 3.8) is 0 Å². The van der Waals surface area contributed by atoms with Crippen molar-refractivity contribution in [3.8, 4) is 11.8 Å². The van der Waals surface area contributed by atoms with E-state index in [9.17, 15) is 18.4 Å². The number of aromatic nitrogens is 2. The molecule has 38 heavy (non-hydrogen) atoms. The zero-order chi connectivity index (χ0) is 27.6. The lowest BCUT2D eigenvalue weighted by atomic mass is 9.89. The van der Waals surface area contributed by atoms with E-state index >= 15 is 0 Å². The lowest BCUT2D eigenvalue weighted by Gasteiger charge is -2.36. The third kappa shape index (κ3) is 5.43. The number of H-pyrrole nitrogens is 1. The molecule has 0 radical (unpaired) electrons. The Morgan fingerprint density at radius 3 is 2.63 bits per heavy atom. The molecule has 202 valence electrons. The fraction of sp³-hybridized carbons (Fsp3) is 0.464. The average molecular weight is 526 g/mol. The lowest BCUT2D eigenvalue weighted by molar-refractivity contribution is 0.00755. The molecule has 1 atom stereocenters. The predicted molar refractivity (Wildman–Crippen MR) is 141 cm³/mol. The van der Waals surface area contributed by atoms with Gasteiger partial charge in [-0.15, -0.1) is 0 Å². The quantitative estimate of drug-likeness (QED) is 0.456. The normalized spacial score (nSPS) is 15.8. The van der Waals surface area contributed by atoms with Crippen molar-refractivity contribution in [1.82, 2.24) is 19.8 Å². The minimum atomic E-state index is -3.35. The maximum Gasteiger partial charge on any atom is 0.344 e. The molecule has 1 aromatic carbocycles. The molecule has 0 aliphatic carbocycles. The van der Waals surface area contributed by atoms with E-state index in [1.807, 2.05) is 31.2 Å². The molecule has 1 aliphatic rings. The Bertz CT molecular complexity index is 1430. The van der Waals surface area contributed by atoms with Gasteiger partial charge < -0.3 is 19.6 Å². The number of halogens is 2. The molecule has 8 nitrogen and oxygen atoms in total. The number of pyridine rings is 1. The number of aromatic amines is 1. The smallest absolute Gasteiger partial charge is 0.344 e. The first kappa shape index (κ1) is 27.3. The number of carbonyl (C=O) groups is 1. The number of carbonyl (C=O) groups excluding carboxylic acids is 1. The number of amides is 1. The monoisotopic (exact) mass is 525 g/mol. The van der Waals surface area contributed by atoms with Gasteiger partial charge in [0.05, 0.1) is 31.3 Å². The summed E-state index contributed by atoms with van der Waals surface area (Å²) in [4.78, 5) is 30.3. The summed E-state index contributed by atoms with van der Waals surface area (Å²) < 4.78 is 34.6. The first-order chi connectivity index (χ1) is 18.1. The van der Waals surface area contributed by atoms with E-state index in [0.717, 1.165) is 22.7 Å². The van der Waals surface area contributed by atoms with E-state index in [-0.39, 0.29) is 30.0 Å². The maximum absolute atomic E-state index is 13.5. The molecular weight excluding hydrogens is 492 g/mol. The van der Waals surface area contributed by atoms with Crippen LogP contribution in [0.4, 0.5) is 8.78 Å². The summed E-state index contributed by atoms with van der Waals surface area (Å²) in [5.74, 6) is -3.00. The number of likely N-dealkylation sites (tertiary alicyclic amines) is 1. The van der Waals surface area contributed by atoms with Crippen LogP contribution in [-0.2, 0) is 6.54 Å². The minimum Gasteiger partial charge on any atom is -0.496 e. The summed E-state index contributed by atoms with van der Waals surface area (Å²) in [6, 6.07) is 10.5. The number of nitriles is 1. The number of alkyl halides is 2. The zero-order valence-electron chi connectivity index (χ0n) is 22.1. The summed E-state index contributed by atoms with van der Waals surface area (Å²) in [6.45, 7) is 6.22.